The molecule has 0 aromatic heterocycles. The Balaban J connectivity index is 2.31. The predicted octanol–water partition coefficient (Wildman–Crippen LogP) is -2.04. The van der Waals surface area contributed by atoms with E-state index in [1.807, 2.05) is 19.0 Å². The van der Waals surface area contributed by atoms with Gasteiger partial charge in [0.25, 0.3) is 0 Å². The van der Waals surface area contributed by atoms with Crippen molar-refractivity contribution in [1.29, 1.82) is 0 Å². The molecule has 1 N–H and O–H groups in total. The molecule has 7 heteroatoms. The highest BCUT2D eigenvalue weighted by molar-refractivity contribution is 6.35. The van der Waals surface area contributed by atoms with Crippen molar-refractivity contribution in [3.8, 4) is 0 Å². The average molecular weight is 256 g/mol. The standard InChI is InChI=1S/C11H20N4O3/c1-13(2)4-3-12-10(17)11(18)15-7-5-14(9-16)6-8-15/h9H,3-8H2,1-2H3,(H,12,17). The number of carbonyl (C=O) groups is 3. The monoisotopic (exact) mass is 256 g/mol. The zero-order valence-corrected chi connectivity index (χ0v) is 10.9. The van der Waals surface area contributed by atoms with Gasteiger partial charge in [0.15, 0.2) is 0 Å². The van der Waals surface area contributed by atoms with E-state index in [-0.39, 0.29) is 0 Å². The quantitative estimate of drug-likeness (QED) is 0.465. The van der Waals surface area contributed by atoms with Gasteiger partial charge in [-0.25, -0.2) is 0 Å². The van der Waals surface area contributed by atoms with Crippen molar-refractivity contribution in [3.63, 3.8) is 0 Å². The molecular weight excluding hydrogens is 236 g/mol. The van der Waals surface area contributed by atoms with Gasteiger partial charge in [0.2, 0.25) is 6.41 Å². The van der Waals surface area contributed by atoms with Gasteiger partial charge < -0.3 is 20.0 Å². The molecule has 0 unspecified atom stereocenters. The summed E-state index contributed by atoms with van der Waals surface area (Å²) < 4.78 is 0. The zero-order chi connectivity index (χ0) is 13.5. The second-order valence-corrected chi connectivity index (χ2v) is 4.49. The molecule has 1 aliphatic heterocycles. The topological polar surface area (TPSA) is 73.0 Å². The van der Waals surface area contributed by atoms with Crippen LogP contribution in [-0.4, -0.2) is 86.3 Å². The number of nitrogens with zero attached hydrogens (tertiary/aromatic N) is 3. The molecule has 0 atom stereocenters. The highest BCUT2D eigenvalue weighted by atomic mass is 16.2. The van der Waals surface area contributed by atoms with Crippen molar-refractivity contribution in [3.05, 3.63) is 0 Å². The number of rotatable bonds is 4. The fourth-order valence-corrected chi connectivity index (χ4v) is 1.64. The number of carbonyl (C=O) groups excluding carboxylic acids is 3. The van der Waals surface area contributed by atoms with Gasteiger partial charge in [0.05, 0.1) is 0 Å². The molecule has 0 aliphatic carbocycles. The zero-order valence-electron chi connectivity index (χ0n) is 10.9. The highest BCUT2D eigenvalue weighted by Gasteiger charge is 2.24. The maximum atomic E-state index is 11.8. The molecule has 0 saturated carbocycles. The van der Waals surface area contributed by atoms with Crippen molar-refractivity contribution in [1.82, 2.24) is 20.0 Å². The first kappa shape index (κ1) is 14.4. The minimum Gasteiger partial charge on any atom is -0.347 e. The van der Waals surface area contributed by atoms with E-state index in [4.69, 9.17) is 0 Å². The molecule has 18 heavy (non-hydrogen) atoms. The molecule has 1 saturated heterocycles. The lowest BCUT2D eigenvalue weighted by Gasteiger charge is -2.32. The fraction of sp³-hybridized carbons (Fsp3) is 0.727. The summed E-state index contributed by atoms with van der Waals surface area (Å²) in [6.45, 7) is 2.95. The van der Waals surface area contributed by atoms with Crippen LogP contribution in [0.4, 0.5) is 0 Å². The van der Waals surface area contributed by atoms with Crippen molar-refractivity contribution in [2.45, 2.75) is 0 Å². The van der Waals surface area contributed by atoms with Crippen LogP contribution in [0.5, 0.6) is 0 Å². The molecule has 1 rings (SSSR count). The van der Waals surface area contributed by atoms with E-state index >= 15 is 0 Å². The van der Waals surface area contributed by atoms with Crippen LogP contribution in [0, 0.1) is 0 Å². The molecule has 0 aromatic rings. The molecule has 0 radical (unpaired) electrons. The van der Waals surface area contributed by atoms with E-state index in [0.29, 0.717) is 39.3 Å². The number of nitrogens with one attached hydrogen (secondary N) is 1. The van der Waals surface area contributed by atoms with Gasteiger partial charge in [-0.3, -0.25) is 14.4 Å². The van der Waals surface area contributed by atoms with E-state index in [1.165, 1.54) is 4.90 Å². The van der Waals surface area contributed by atoms with E-state index in [2.05, 4.69) is 5.32 Å². The fourth-order valence-electron chi connectivity index (χ4n) is 1.64. The largest absolute Gasteiger partial charge is 0.347 e. The van der Waals surface area contributed by atoms with Crippen LogP contribution in [0.25, 0.3) is 0 Å². The van der Waals surface area contributed by atoms with E-state index in [9.17, 15) is 14.4 Å². The van der Waals surface area contributed by atoms with Crippen LogP contribution < -0.4 is 5.32 Å². The number of hydrogen-bond acceptors (Lipinski definition) is 4. The summed E-state index contributed by atoms with van der Waals surface area (Å²) in [5, 5.41) is 2.58. The molecule has 1 fully saturated rings. The van der Waals surface area contributed by atoms with Crippen LogP contribution in [0.1, 0.15) is 0 Å². The molecule has 0 bridgehead atoms. The third-order valence-electron chi connectivity index (χ3n) is 2.79. The Morgan fingerprint density at radius 2 is 1.83 bits per heavy atom. The Morgan fingerprint density at radius 1 is 1.22 bits per heavy atom. The number of amides is 3. The minimum atomic E-state index is -0.573. The Kier molecular flexibility index (Phi) is 5.57. The van der Waals surface area contributed by atoms with Gasteiger partial charge in [-0.15, -0.1) is 0 Å². The summed E-state index contributed by atoms with van der Waals surface area (Å²) in [6.07, 6.45) is 0.763. The van der Waals surface area contributed by atoms with Crippen LogP contribution in [-0.2, 0) is 14.4 Å². The Bertz CT molecular complexity index is 311. The maximum absolute atomic E-state index is 11.8. The normalized spacial score (nSPS) is 15.7. The van der Waals surface area contributed by atoms with Gasteiger partial charge in [0.1, 0.15) is 0 Å². The first-order chi connectivity index (χ1) is 8.54. The Hall–Kier alpha value is -1.63. The van der Waals surface area contributed by atoms with Gasteiger partial charge in [0, 0.05) is 39.3 Å². The first-order valence-electron chi connectivity index (χ1n) is 5.95. The lowest BCUT2D eigenvalue weighted by molar-refractivity contribution is -0.147. The predicted molar refractivity (Wildman–Crippen MR) is 65.8 cm³/mol. The number of piperazine rings is 1. The lowest BCUT2D eigenvalue weighted by Crippen LogP contribution is -2.52. The van der Waals surface area contributed by atoms with Gasteiger partial charge in [-0.1, -0.05) is 0 Å². The maximum Gasteiger partial charge on any atom is 0.312 e. The van der Waals surface area contributed by atoms with E-state index < -0.39 is 11.8 Å². The Labute approximate surface area is 107 Å². The summed E-state index contributed by atoms with van der Waals surface area (Å²) >= 11 is 0. The third kappa shape index (κ3) is 4.33. The molecule has 0 aromatic carbocycles. The average Bonchev–Trinajstić information content (AvgIpc) is 2.37. The number of likely N-dealkylation sites (N-methyl/N-ethyl adjacent to an activating group) is 1. The smallest absolute Gasteiger partial charge is 0.312 e. The van der Waals surface area contributed by atoms with Crippen molar-refractivity contribution >= 4 is 18.2 Å². The third-order valence-corrected chi connectivity index (χ3v) is 2.79. The summed E-state index contributed by atoms with van der Waals surface area (Å²) in [5.41, 5.74) is 0. The number of hydrogen-bond donors (Lipinski definition) is 1. The first-order valence-corrected chi connectivity index (χ1v) is 5.95. The lowest BCUT2D eigenvalue weighted by atomic mass is 10.3. The van der Waals surface area contributed by atoms with Crippen LogP contribution in [0.15, 0.2) is 0 Å². The molecular formula is C11H20N4O3. The van der Waals surface area contributed by atoms with Gasteiger partial charge in [-0.05, 0) is 14.1 Å². The van der Waals surface area contributed by atoms with E-state index in [1.54, 1.807) is 4.90 Å². The summed E-state index contributed by atoms with van der Waals surface area (Å²) in [4.78, 5) is 38.8. The summed E-state index contributed by atoms with van der Waals surface area (Å²) in [6, 6.07) is 0. The summed E-state index contributed by atoms with van der Waals surface area (Å²) in [7, 11) is 3.79. The van der Waals surface area contributed by atoms with Gasteiger partial charge in [-0.2, -0.15) is 0 Å². The molecule has 102 valence electrons. The molecule has 0 spiro atoms. The second-order valence-electron chi connectivity index (χ2n) is 4.49. The van der Waals surface area contributed by atoms with Crippen LogP contribution in [0.2, 0.25) is 0 Å². The van der Waals surface area contributed by atoms with E-state index in [0.717, 1.165) is 6.41 Å². The Morgan fingerprint density at radius 3 is 2.33 bits per heavy atom. The molecule has 3 amide bonds. The minimum absolute atomic E-state index is 0.415. The molecule has 1 heterocycles. The van der Waals surface area contributed by atoms with Gasteiger partial charge >= 0.3 is 11.8 Å². The van der Waals surface area contributed by atoms with Crippen LogP contribution >= 0.6 is 0 Å². The van der Waals surface area contributed by atoms with Crippen molar-refractivity contribution in [2.24, 2.45) is 0 Å². The second kappa shape index (κ2) is 6.95. The SMILES string of the molecule is CN(C)CCNC(=O)C(=O)N1CCN(C=O)CC1. The molecule has 1 aliphatic rings. The van der Waals surface area contributed by atoms with Crippen LogP contribution in [0.3, 0.4) is 0 Å². The van der Waals surface area contributed by atoms with Crippen molar-refractivity contribution in [2.75, 3.05) is 53.4 Å². The summed E-state index contributed by atoms with van der Waals surface area (Å²) in [5.74, 6) is -1.09. The molecule has 7 nitrogen and oxygen atoms in total. The highest BCUT2D eigenvalue weighted by Crippen LogP contribution is 1.99. The van der Waals surface area contributed by atoms with Crippen molar-refractivity contribution < 1.29 is 14.4 Å².